The molecule has 0 unspecified atom stereocenters. The summed E-state index contributed by atoms with van der Waals surface area (Å²) in [4.78, 5) is 2.34. The van der Waals surface area contributed by atoms with Gasteiger partial charge in [0.25, 0.3) is 0 Å². The molecule has 1 heterocycles. The second-order valence-electron chi connectivity index (χ2n) is 4.71. The fraction of sp³-hybridized carbons (Fsp3) is 0.467. The third-order valence-corrected chi connectivity index (χ3v) is 3.33. The Morgan fingerprint density at radius 3 is 2.52 bits per heavy atom. The Morgan fingerprint density at radius 2 is 1.86 bits per heavy atom. The van der Waals surface area contributed by atoms with Gasteiger partial charge in [-0.1, -0.05) is 13.8 Å². The minimum absolute atomic E-state index is 0.281. The smallest absolute Gasteiger partial charge is 0.247 e. The topological polar surface area (TPSA) is 54.2 Å². The Kier molecular flexibility index (Phi) is 5.83. The van der Waals surface area contributed by atoms with Crippen LogP contribution in [0.25, 0.3) is 11.5 Å². The lowest BCUT2D eigenvalue weighted by Crippen LogP contribution is -2.31. The third-order valence-electron chi connectivity index (χ3n) is 3.33. The number of hydrogen-bond donors (Lipinski definition) is 1. The molecular weight excluding hydrogens is 271 g/mol. The summed E-state index contributed by atoms with van der Waals surface area (Å²) in [7, 11) is 0. The van der Waals surface area contributed by atoms with Crippen molar-refractivity contribution in [3.05, 3.63) is 36.0 Å². The highest BCUT2D eigenvalue weighted by Gasteiger charge is 2.08. The van der Waals surface area contributed by atoms with Crippen LogP contribution >= 0.6 is 0 Å². The lowest BCUT2D eigenvalue weighted by Gasteiger charge is -2.17. The van der Waals surface area contributed by atoms with Crippen LogP contribution in [0.1, 0.15) is 19.7 Å². The van der Waals surface area contributed by atoms with E-state index in [1.165, 1.54) is 12.1 Å². The van der Waals surface area contributed by atoms with Crippen LogP contribution in [0.3, 0.4) is 0 Å². The van der Waals surface area contributed by atoms with Gasteiger partial charge in [0.1, 0.15) is 5.82 Å². The van der Waals surface area contributed by atoms with Gasteiger partial charge in [0.15, 0.2) is 0 Å². The average Bonchev–Trinajstić information content (AvgIpc) is 2.97. The zero-order valence-electron chi connectivity index (χ0n) is 12.5. The number of nitrogens with one attached hydrogen (secondary N) is 1. The Balaban J connectivity index is 1.82. The van der Waals surface area contributed by atoms with Crippen LogP contribution in [0.5, 0.6) is 0 Å². The molecule has 114 valence electrons. The molecule has 1 aromatic heterocycles. The first-order valence-corrected chi connectivity index (χ1v) is 7.24. The monoisotopic (exact) mass is 292 g/mol. The summed E-state index contributed by atoms with van der Waals surface area (Å²) in [6.45, 7) is 8.80. The third kappa shape index (κ3) is 4.61. The normalized spacial score (nSPS) is 11.2. The van der Waals surface area contributed by atoms with E-state index >= 15 is 0 Å². The van der Waals surface area contributed by atoms with Crippen molar-refractivity contribution in [3.63, 3.8) is 0 Å². The van der Waals surface area contributed by atoms with Crippen molar-refractivity contribution in [1.82, 2.24) is 20.4 Å². The summed E-state index contributed by atoms with van der Waals surface area (Å²) in [6, 6.07) is 6.00. The van der Waals surface area contributed by atoms with Crippen molar-refractivity contribution in [1.29, 1.82) is 0 Å². The van der Waals surface area contributed by atoms with Gasteiger partial charge in [0, 0.05) is 18.7 Å². The standard InChI is InChI=1S/C15H21FN4O/c1-3-20(4-2)10-9-17-11-14-18-19-15(21-14)12-5-7-13(16)8-6-12/h5-8,17H,3-4,9-11H2,1-2H3. The van der Waals surface area contributed by atoms with Crippen LogP contribution in [0, 0.1) is 5.82 Å². The molecule has 0 aliphatic rings. The van der Waals surface area contributed by atoms with E-state index in [0.717, 1.165) is 31.7 Å². The summed E-state index contributed by atoms with van der Waals surface area (Å²) >= 11 is 0. The molecule has 0 spiro atoms. The van der Waals surface area contributed by atoms with Gasteiger partial charge in [-0.2, -0.15) is 0 Å². The molecule has 0 radical (unpaired) electrons. The molecule has 5 nitrogen and oxygen atoms in total. The zero-order chi connectivity index (χ0) is 15.1. The molecule has 6 heteroatoms. The van der Waals surface area contributed by atoms with Gasteiger partial charge in [-0.25, -0.2) is 4.39 Å². The van der Waals surface area contributed by atoms with Crippen molar-refractivity contribution in [2.75, 3.05) is 26.2 Å². The number of aromatic nitrogens is 2. The van der Waals surface area contributed by atoms with Crippen molar-refractivity contribution in [2.24, 2.45) is 0 Å². The van der Waals surface area contributed by atoms with Crippen LogP contribution in [-0.2, 0) is 6.54 Å². The quantitative estimate of drug-likeness (QED) is 0.757. The van der Waals surface area contributed by atoms with Gasteiger partial charge in [-0.3, -0.25) is 0 Å². The van der Waals surface area contributed by atoms with Gasteiger partial charge in [-0.05, 0) is 37.4 Å². The first kappa shape index (κ1) is 15.6. The van der Waals surface area contributed by atoms with Crippen LogP contribution in [0.2, 0.25) is 0 Å². The van der Waals surface area contributed by atoms with Gasteiger partial charge in [-0.15, -0.1) is 10.2 Å². The lowest BCUT2D eigenvalue weighted by molar-refractivity contribution is 0.300. The summed E-state index contributed by atoms with van der Waals surface area (Å²) < 4.78 is 18.4. The molecular formula is C15H21FN4O. The lowest BCUT2D eigenvalue weighted by atomic mass is 10.2. The highest BCUT2D eigenvalue weighted by molar-refractivity contribution is 5.51. The van der Waals surface area contributed by atoms with Gasteiger partial charge < -0.3 is 14.6 Å². The second kappa shape index (κ2) is 7.85. The predicted octanol–water partition coefficient (Wildman–Crippen LogP) is 2.31. The molecule has 21 heavy (non-hydrogen) atoms. The molecule has 1 N–H and O–H groups in total. The van der Waals surface area contributed by atoms with E-state index in [1.54, 1.807) is 12.1 Å². The molecule has 0 amide bonds. The zero-order valence-corrected chi connectivity index (χ0v) is 12.5. The highest BCUT2D eigenvalue weighted by Crippen LogP contribution is 2.17. The molecule has 0 aliphatic heterocycles. The SMILES string of the molecule is CCN(CC)CCNCc1nnc(-c2ccc(F)cc2)o1. The maximum absolute atomic E-state index is 12.9. The molecule has 0 saturated heterocycles. The summed E-state index contributed by atoms with van der Waals surface area (Å²) in [6.07, 6.45) is 0. The minimum atomic E-state index is -0.281. The number of halogens is 1. The molecule has 0 aliphatic carbocycles. The molecule has 0 atom stereocenters. The Bertz CT molecular complexity index is 537. The van der Waals surface area contributed by atoms with Gasteiger partial charge in [0.2, 0.25) is 11.8 Å². The number of likely N-dealkylation sites (N-methyl/N-ethyl adjacent to an activating group) is 1. The fourth-order valence-corrected chi connectivity index (χ4v) is 2.01. The van der Waals surface area contributed by atoms with Crippen molar-refractivity contribution in [2.45, 2.75) is 20.4 Å². The second-order valence-corrected chi connectivity index (χ2v) is 4.71. The van der Waals surface area contributed by atoms with Crippen LogP contribution in [0.15, 0.2) is 28.7 Å². The largest absolute Gasteiger partial charge is 0.419 e. The molecule has 0 saturated carbocycles. The van der Waals surface area contributed by atoms with E-state index < -0.39 is 0 Å². The van der Waals surface area contributed by atoms with Crippen molar-refractivity contribution >= 4 is 0 Å². The fourth-order valence-electron chi connectivity index (χ4n) is 2.01. The van der Waals surface area contributed by atoms with Crippen LogP contribution in [-0.4, -0.2) is 41.3 Å². The number of rotatable bonds is 8. The number of benzene rings is 1. The van der Waals surface area contributed by atoms with E-state index in [1.807, 2.05) is 0 Å². The summed E-state index contributed by atoms with van der Waals surface area (Å²) in [5.41, 5.74) is 0.721. The molecule has 2 rings (SSSR count). The highest BCUT2D eigenvalue weighted by atomic mass is 19.1. The maximum atomic E-state index is 12.9. The van der Waals surface area contributed by atoms with Crippen molar-refractivity contribution < 1.29 is 8.81 Å². The predicted molar refractivity (Wildman–Crippen MR) is 79.2 cm³/mol. The van der Waals surface area contributed by atoms with Gasteiger partial charge >= 0.3 is 0 Å². The minimum Gasteiger partial charge on any atom is -0.419 e. The average molecular weight is 292 g/mol. The van der Waals surface area contributed by atoms with Crippen molar-refractivity contribution in [3.8, 4) is 11.5 Å². The first-order chi connectivity index (χ1) is 10.2. The summed E-state index contributed by atoms with van der Waals surface area (Å²) in [5.74, 6) is 0.668. The summed E-state index contributed by atoms with van der Waals surface area (Å²) in [5, 5.41) is 11.2. The Labute approximate surface area is 124 Å². The number of nitrogens with zero attached hydrogens (tertiary/aromatic N) is 3. The van der Waals surface area contributed by atoms with Crippen LogP contribution in [0.4, 0.5) is 4.39 Å². The molecule has 0 fully saturated rings. The Morgan fingerprint density at radius 1 is 1.14 bits per heavy atom. The molecule has 1 aromatic carbocycles. The van der Waals surface area contributed by atoms with Crippen LogP contribution < -0.4 is 5.32 Å². The van der Waals surface area contributed by atoms with E-state index in [-0.39, 0.29) is 5.82 Å². The first-order valence-electron chi connectivity index (χ1n) is 7.24. The van der Waals surface area contributed by atoms with Gasteiger partial charge in [0.05, 0.1) is 6.54 Å². The van der Waals surface area contributed by atoms with E-state index in [2.05, 4.69) is 34.3 Å². The maximum Gasteiger partial charge on any atom is 0.247 e. The Hall–Kier alpha value is -1.79. The van der Waals surface area contributed by atoms with E-state index in [9.17, 15) is 4.39 Å². The molecule has 0 bridgehead atoms. The molecule has 2 aromatic rings. The number of hydrogen-bond acceptors (Lipinski definition) is 5. The van der Waals surface area contributed by atoms with E-state index in [0.29, 0.717) is 18.3 Å². The van der Waals surface area contributed by atoms with E-state index in [4.69, 9.17) is 4.42 Å².